The van der Waals surface area contributed by atoms with Crippen molar-refractivity contribution in [3.63, 3.8) is 0 Å². The third-order valence-corrected chi connectivity index (χ3v) is 5.64. The fourth-order valence-electron chi connectivity index (χ4n) is 2.93. The Morgan fingerprint density at radius 3 is 2.41 bits per heavy atom. The van der Waals surface area contributed by atoms with Crippen molar-refractivity contribution in [2.24, 2.45) is 11.8 Å². The van der Waals surface area contributed by atoms with Crippen LogP contribution < -0.4 is 0 Å². The average Bonchev–Trinajstić information content (AvgIpc) is 2.52. The molecule has 0 aromatic heterocycles. The quantitative estimate of drug-likeness (QED) is 0.778. The predicted molar refractivity (Wildman–Crippen MR) is 86.3 cm³/mol. The Balaban J connectivity index is 1.93. The summed E-state index contributed by atoms with van der Waals surface area (Å²) in [4.78, 5) is 23.3. The minimum atomic E-state index is -0.827. The minimum Gasteiger partial charge on any atom is -0.481 e. The van der Waals surface area contributed by atoms with Gasteiger partial charge in [0.2, 0.25) is 0 Å². The molecule has 2 rings (SSSR count). The number of thioether (sulfide) groups is 1. The van der Waals surface area contributed by atoms with E-state index in [-0.39, 0.29) is 11.8 Å². The molecular formula is C17H22O4S. The highest BCUT2D eigenvalue weighted by atomic mass is 32.2. The molecule has 3 unspecified atom stereocenters. The maximum absolute atomic E-state index is 11.3. The molecule has 5 heteroatoms. The molecule has 0 aliphatic heterocycles. The van der Waals surface area contributed by atoms with Gasteiger partial charge >= 0.3 is 11.9 Å². The standard InChI is InChI=1S/C17H22O4S/c1-11(16(18)19)12-6-8-14(9-7-12)22-10-13-4-2-3-5-15(13)17(20)21/h6-9,11,13,15H,2-5,10H2,1H3,(H,18,19)(H,20,21). The highest BCUT2D eigenvalue weighted by Crippen LogP contribution is 2.34. The molecule has 1 saturated carbocycles. The van der Waals surface area contributed by atoms with E-state index in [1.54, 1.807) is 18.7 Å². The van der Waals surface area contributed by atoms with Crippen LogP contribution in [0.4, 0.5) is 0 Å². The van der Waals surface area contributed by atoms with Gasteiger partial charge in [-0.15, -0.1) is 11.8 Å². The van der Waals surface area contributed by atoms with Gasteiger partial charge in [-0.3, -0.25) is 9.59 Å². The van der Waals surface area contributed by atoms with Crippen molar-refractivity contribution >= 4 is 23.7 Å². The highest BCUT2D eigenvalue weighted by Gasteiger charge is 2.30. The van der Waals surface area contributed by atoms with Crippen LogP contribution in [0.2, 0.25) is 0 Å². The topological polar surface area (TPSA) is 74.6 Å². The predicted octanol–water partition coefficient (Wildman–Crippen LogP) is 3.86. The van der Waals surface area contributed by atoms with Gasteiger partial charge in [-0.1, -0.05) is 25.0 Å². The molecule has 22 heavy (non-hydrogen) atoms. The van der Waals surface area contributed by atoms with Crippen LogP contribution in [-0.4, -0.2) is 27.9 Å². The first-order chi connectivity index (χ1) is 10.5. The Labute approximate surface area is 134 Å². The van der Waals surface area contributed by atoms with Crippen LogP contribution in [-0.2, 0) is 9.59 Å². The van der Waals surface area contributed by atoms with E-state index in [9.17, 15) is 14.7 Å². The molecule has 1 aromatic carbocycles. The fourth-order valence-corrected chi connectivity index (χ4v) is 4.06. The van der Waals surface area contributed by atoms with E-state index in [2.05, 4.69) is 0 Å². The monoisotopic (exact) mass is 322 g/mol. The van der Waals surface area contributed by atoms with Gasteiger partial charge < -0.3 is 10.2 Å². The van der Waals surface area contributed by atoms with E-state index in [1.807, 2.05) is 24.3 Å². The van der Waals surface area contributed by atoms with E-state index < -0.39 is 17.9 Å². The summed E-state index contributed by atoms with van der Waals surface area (Å²) < 4.78 is 0. The molecule has 4 nitrogen and oxygen atoms in total. The fraction of sp³-hybridized carbons (Fsp3) is 0.529. The molecule has 1 fully saturated rings. The SMILES string of the molecule is CC(C(=O)O)c1ccc(SCC2CCCCC2C(=O)O)cc1. The van der Waals surface area contributed by atoms with Crippen molar-refractivity contribution in [1.29, 1.82) is 0 Å². The Morgan fingerprint density at radius 2 is 1.82 bits per heavy atom. The number of carbonyl (C=O) groups is 2. The van der Waals surface area contributed by atoms with E-state index in [1.165, 1.54) is 0 Å². The molecule has 0 radical (unpaired) electrons. The molecule has 120 valence electrons. The summed E-state index contributed by atoms with van der Waals surface area (Å²) in [5.74, 6) is -1.18. The highest BCUT2D eigenvalue weighted by molar-refractivity contribution is 7.99. The van der Waals surface area contributed by atoms with Gasteiger partial charge in [0.25, 0.3) is 0 Å². The van der Waals surface area contributed by atoms with Gasteiger partial charge in [0, 0.05) is 10.6 Å². The molecule has 3 atom stereocenters. The van der Waals surface area contributed by atoms with Crippen molar-refractivity contribution in [1.82, 2.24) is 0 Å². The van der Waals surface area contributed by atoms with Crippen molar-refractivity contribution in [2.45, 2.75) is 43.4 Å². The van der Waals surface area contributed by atoms with Gasteiger partial charge in [0.1, 0.15) is 0 Å². The smallest absolute Gasteiger partial charge is 0.310 e. The molecule has 0 bridgehead atoms. The maximum Gasteiger partial charge on any atom is 0.310 e. The molecule has 1 aromatic rings. The second-order valence-corrected chi connectivity index (χ2v) is 7.02. The first-order valence-corrected chi connectivity index (χ1v) is 8.66. The van der Waals surface area contributed by atoms with Crippen LogP contribution in [0.3, 0.4) is 0 Å². The lowest BCUT2D eigenvalue weighted by atomic mass is 9.80. The minimum absolute atomic E-state index is 0.215. The summed E-state index contributed by atoms with van der Waals surface area (Å²) in [6.45, 7) is 1.67. The summed E-state index contributed by atoms with van der Waals surface area (Å²) in [7, 11) is 0. The van der Waals surface area contributed by atoms with E-state index >= 15 is 0 Å². The van der Waals surface area contributed by atoms with Crippen LogP contribution in [0.1, 0.15) is 44.1 Å². The second kappa shape index (κ2) is 7.68. The number of hydrogen-bond acceptors (Lipinski definition) is 3. The van der Waals surface area contributed by atoms with Gasteiger partial charge in [0.05, 0.1) is 11.8 Å². The molecule has 2 N–H and O–H groups in total. The lowest BCUT2D eigenvalue weighted by Gasteiger charge is -2.28. The van der Waals surface area contributed by atoms with Crippen molar-refractivity contribution in [3.05, 3.63) is 29.8 Å². The third-order valence-electron chi connectivity index (χ3n) is 4.44. The Hall–Kier alpha value is -1.49. The lowest BCUT2D eigenvalue weighted by Crippen LogP contribution is -2.28. The number of aliphatic carboxylic acids is 2. The van der Waals surface area contributed by atoms with Crippen molar-refractivity contribution in [2.75, 3.05) is 5.75 Å². The maximum atomic E-state index is 11.3. The van der Waals surface area contributed by atoms with Gasteiger partial charge in [0.15, 0.2) is 0 Å². The van der Waals surface area contributed by atoms with Crippen LogP contribution in [0, 0.1) is 11.8 Å². The van der Waals surface area contributed by atoms with Crippen LogP contribution in [0.5, 0.6) is 0 Å². The Kier molecular flexibility index (Phi) is 5.89. The van der Waals surface area contributed by atoms with Crippen LogP contribution >= 0.6 is 11.8 Å². The number of rotatable bonds is 6. The lowest BCUT2D eigenvalue weighted by molar-refractivity contribution is -0.144. The van der Waals surface area contributed by atoms with E-state index in [0.29, 0.717) is 0 Å². The summed E-state index contributed by atoms with van der Waals surface area (Å²) in [6, 6.07) is 7.55. The number of benzene rings is 1. The molecule has 0 spiro atoms. The average molecular weight is 322 g/mol. The Morgan fingerprint density at radius 1 is 1.18 bits per heavy atom. The van der Waals surface area contributed by atoms with E-state index in [0.717, 1.165) is 41.9 Å². The largest absolute Gasteiger partial charge is 0.481 e. The van der Waals surface area contributed by atoms with E-state index in [4.69, 9.17) is 5.11 Å². The number of carboxylic acid groups (broad SMARTS) is 2. The molecule has 0 saturated heterocycles. The first-order valence-electron chi connectivity index (χ1n) is 7.67. The van der Waals surface area contributed by atoms with Crippen molar-refractivity contribution in [3.8, 4) is 0 Å². The van der Waals surface area contributed by atoms with Gasteiger partial charge in [-0.05, 0) is 43.4 Å². The first kappa shape index (κ1) is 16.9. The normalized spacial score (nSPS) is 23.0. The van der Waals surface area contributed by atoms with Crippen LogP contribution in [0.15, 0.2) is 29.2 Å². The number of hydrogen-bond donors (Lipinski definition) is 2. The summed E-state index contributed by atoms with van der Waals surface area (Å²) in [5, 5.41) is 18.3. The molecule has 1 aliphatic carbocycles. The molecule has 0 heterocycles. The molecule has 1 aliphatic rings. The zero-order chi connectivity index (χ0) is 16.1. The zero-order valence-corrected chi connectivity index (χ0v) is 13.5. The second-order valence-electron chi connectivity index (χ2n) is 5.93. The Bertz CT molecular complexity index is 526. The summed E-state index contributed by atoms with van der Waals surface area (Å²) in [5.41, 5.74) is 0.790. The summed E-state index contributed by atoms with van der Waals surface area (Å²) >= 11 is 1.67. The van der Waals surface area contributed by atoms with Gasteiger partial charge in [-0.2, -0.15) is 0 Å². The molecule has 0 amide bonds. The zero-order valence-electron chi connectivity index (χ0n) is 12.7. The summed E-state index contributed by atoms with van der Waals surface area (Å²) in [6.07, 6.45) is 3.90. The van der Waals surface area contributed by atoms with Gasteiger partial charge in [-0.25, -0.2) is 0 Å². The molecular weight excluding hydrogens is 300 g/mol. The third kappa shape index (κ3) is 4.26. The van der Waals surface area contributed by atoms with Crippen LogP contribution in [0.25, 0.3) is 0 Å². The van der Waals surface area contributed by atoms with Crippen molar-refractivity contribution < 1.29 is 19.8 Å². The number of carboxylic acids is 2.